The SMILES string of the molecule is CC[C@@H](Cc1ccc(OC)c(C(=O)NCc2ccc(Oc3ccccc3OC)cc2)c1)C(=O)O. The van der Waals surface area contributed by atoms with Gasteiger partial charge in [-0.2, -0.15) is 0 Å². The van der Waals surface area contributed by atoms with Gasteiger partial charge < -0.3 is 24.6 Å². The van der Waals surface area contributed by atoms with Crippen LogP contribution in [0.2, 0.25) is 0 Å². The van der Waals surface area contributed by atoms with Crippen LogP contribution in [0.25, 0.3) is 0 Å². The van der Waals surface area contributed by atoms with E-state index in [2.05, 4.69) is 5.32 Å². The Labute approximate surface area is 199 Å². The van der Waals surface area contributed by atoms with Crippen LogP contribution in [0, 0.1) is 5.92 Å². The van der Waals surface area contributed by atoms with Gasteiger partial charge in [0.2, 0.25) is 0 Å². The summed E-state index contributed by atoms with van der Waals surface area (Å²) in [6, 6.07) is 20.0. The maximum absolute atomic E-state index is 12.9. The number of nitrogens with one attached hydrogen (secondary N) is 1. The summed E-state index contributed by atoms with van der Waals surface area (Å²) in [5.74, 6) is 0.706. The molecule has 7 heteroatoms. The van der Waals surface area contributed by atoms with Crippen molar-refractivity contribution in [3.63, 3.8) is 0 Å². The Hall–Kier alpha value is -4.00. The summed E-state index contributed by atoms with van der Waals surface area (Å²) in [7, 11) is 3.09. The predicted octanol–water partition coefficient (Wildman–Crippen LogP) is 5.08. The van der Waals surface area contributed by atoms with Crippen LogP contribution in [0.3, 0.4) is 0 Å². The molecule has 0 spiro atoms. The van der Waals surface area contributed by atoms with Crippen molar-refractivity contribution in [3.05, 3.63) is 83.4 Å². The van der Waals surface area contributed by atoms with Gasteiger partial charge in [0.1, 0.15) is 11.5 Å². The van der Waals surface area contributed by atoms with Crippen molar-refractivity contribution in [1.82, 2.24) is 5.32 Å². The molecule has 178 valence electrons. The van der Waals surface area contributed by atoms with Crippen molar-refractivity contribution in [3.8, 4) is 23.0 Å². The molecule has 34 heavy (non-hydrogen) atoms. The summed E-state index contributed by atoms with van der Waals surface area (Å²) in [5, 5.41) is 12.2. The van der Waals surface area contributed by atoms with Crippen LogP contribution in [-0.4, -0.2) is 31.2 Å². The second kappa shape index (κ2) is 11.7. The molecule has 0 aromatic heterocycles. The molecular weight excluding hydrogens is 434 g/mol. The molecule has 1 atom stereocenters. The molecular formula is C27H29NO6. The highest BCUT2D eigenvalue weighted by atomic mass is 16.5. The Morgan fingerprint density at radius 1 is 0.882 bits per heavy atom. The highest BCUT2D eigenvalue weighted by Crippen LogP contribution is 2.31. The molecule has 0 fully saturated rings. The number of ether oxygens (including phenoxy) is 3. The Balaban J connectivity index is 1.65. The first kappa shape index (κ1) is 24.6. The summed E-state index contributed by atoms with van der Waals surface area (Å²) in [6.45, 7) is 2.15. The Kier molecular flexibility index (Phi) is 8.51. The first-order valence-electron chi connectivity index (χ1n) is 11.0. The summed E-state index contributed by atoms with van der Waals surface area (Å²) >= 11 is 0. The van der Waals surface area contributed by atoms with E-state index in [-0.39, 0.29) is 5.91 Å². The van der Waals surface area contributed by atoms with Crippen LogP contribution in [0.5, 0.6) is 23.0 Å². The molecule has 0 bridgehead atoms. The minimum Gasteiger partial charge on any atom is -0.496 e. The zero-order valence-electron chi connectivity index (χ0n) is 19.5. The summed E-state index contributed by atoms with van der Waals surface area (Å²) in [5.41, 5.74) is 2.04. The van der Waals surface area contributed by atoms with Crippen molar-refractivity contribution in [1.29, 1.82) is 0 Å². The number of carbonyl (C=O) groups excluding carboxylic acids is 1. The van der Waals surface area contributed by atoms with E-state index >= 15 is 0 Å². The third-order valence-corrected chi connectivity index (χ3v) is 5.51. The van der Waals surface area contributed by atoms with Crippen molar-refractivity contribution in [2.45, 2.75) is 26.3 Å². The van der Waals surface area contributed by atoms with Crippen molar-refractivity contribution >= 4 is 11.9 Å². The van der Waals surface area contributed by atoms with Gasteiger partial charge in [-0.15, -0.1) is 0 Å². The molecule has 3 rings (SSSR count). The fourth-order valence-electron chi connectivity index (χ4n) is 3.53. The molecule has 0 unspecified atom stereocenters. The van der Waals surface area contributed by atoms with E-state index in [1.165, 1.54) is 7.11 Å². The average molecular weight is 464 g/mol. The van der Waals surface area contributed by atoms with Gasteiger partial charge in [-0.05, 0) is 60.4 Å². The smallest absolute Gasteiger partial charge is 0.306 e. The van der Waals surface area contributed by atoms with Gasteiger partial charge >= 0.3 is 5.97 Å². The second-order valence-corrected chi connectivity index (χ2v) is 7.76. The zero-order chi connectivity index (χ0) is 24.5. The molecule has 0 aliphatic rings. The molecule has 1 amide bonds. The molecule has 0 aliphatic carbocycles. The van der Waals surface area contributed by atoms with E-state index in [9.17, 15) is 14.7 Å². The molecule has 2 N–H and O–H groups in total. The lowest BCUT2D eigenvalue weighted by Gasteiger charge is -2.14. The van der Waals surface area contributed by atoms with Gasteiger partial charge in [-0.3, -0.25) is 9.59 Å². The Morgan fingerprint density at radius 3 is 2.15 bits per heavy atom. The first-order valence-corrected chi connectivity index (χ1v) is 11.0. The molecule has 0 heterocycles. The van der Waals surface area contributed by atoms with Gasteiger partial charge in [0, 0.05) is 6.54 Å². The number of amides is 1. The molecule has 3 aromatic carbocycles. The minimum atomic E-state index is -0.845. The number of rotatable bonds is 11. The van der Waals surface area contributed by atoms with Crippen LogP contribution in [-0.2, 0) is 17.8 Å². The van der Waals surface area contributed by atoms with Crippen LogP contribution < -0.4 is 19.5 Å². The van der Waals surface area contributed by atoms with Crippen LogP contribution in [0.1, 0.15) is 34.8 Å². The number of benzene rings is 3. The van der Waals surface area contributed by atoms with Gasteiger partial charge in [-0.25, -0.2) is 0 Å². The number of para-hydroxylation sites is 2. The quantitative estimate of drug-likeness (QED) is 0.412. The van der Waals surface area contributed by atoms with E-state index in [4.69, 9.17) is 14.2 Å². The van der Waals surface area contributed by atoms with Crippen LogP contribution in [0.4, 0.5) is 0 Å². The second-order valence-electron chi connectivity index (χ2n) is 7.76. The van der Waals surface area contributed by atoms with E-state index in [0.29, 0.717) is 47.9 Å². The topological polar surface area (TPSA) is 94.1 Å². The number of hydrogen-bond donors (Lipinski definition) is 2. The number of aliphatic carboxylic acids is 1. The van der Waals surface area contributed by atoms with E-state index in [1.54, 1.807) is 25.3 Å². The molecule has 3 aromatic rings. The number of hydrogen-bond acceptors (Lipinski definition) is 5. The monoisotopic (exact) mass is 463 g/mol. The summed E-state index contributed by atoms with van der Waals surface area (Å²) in [4.78, 5) is 24.2. The third-order valence-electron chi connectivity index (χ3n) is 5.51. The molecule has 0 saturated carbocycles. The van der Waals surface area contributed by atoms with Gasteiger partial charge in [0.05, 0.1) is 25.7 Å². The van der Waals surface area contributed by atoms with E-state index in [0.717, 1.165) is 11.1 Å². The lowest BCUT2D eigenvalue weighted by Crippen LogP contribution is -2.24. The van der Waals surface area contributed by atoms with Crippen molar-refractivity contribution < 1.29 is 28.9 Å². The van der Waals surface area contributed by atoms with E-state index < -0.39 is 11.9 Å². The number of carboxylic acid groups (broad SMARTS) is 1. The van der Waals surface area contributed by atoms with Crippen molar-refractivity contribution in [2.75, 3.05) is 14.2 Å². The maximum Gasteiger partial charge on any atom is 0.306 e. The standard InChI is InChI=1S/C27H29NO6/c1-4-20(27(30)31)15-19-11-14-23(32-2)22(16-19)26(29)28-17-18-9-12-21(13-10-18)34-25-8-6-5-7-24(25)33-3/h5-14,16,20H,4,15,17H2,1-3H3,(H,28,29)(H,30,31)/t20-/m0/s1. The largest absolute Gasteiger partial charge is 0.496 e. The summed E-state index contributed by atoms with van der Waals surface area (Å²) in [6.07, 6.45) is 0.865. The van der Waals surface area contributed by atoms with Gasteiger partial charge in [-0.1, -0.05) is 37.3 Å². The number of carboxylic acids is 1. The summed E-state index contributed by atoms with van der Waals surface area (Å²) < 4.78 is 16.5. The molecule has 0 saturated heterocycles. The number of carbonyl (C=O) groups is 2. The predicted molar refractivity (Wildman–Crippen MR) is 129 cm³/mol. The third kappa shape index (κ3) is 6.28. The Bertz CT molecular complexity index is 1130. The maximum atomic E-state index is 12.9. The fraction of sp³-hybridized carbons (Fsp3) is 0.259. The van der Waals surface area contributed by atoms with E-state index in [1.807, 2.05) is 55.5 Å². The molecule has 7 nitrogen and oxygen atoms in total. The van der Waals surface area contributed by atoms with Crippen LogP contribution in [0.15, 0.2) is 66.7 Å². The highest BCUT2D eigenvalue weighted by molar-refractivity contribution is 5.97. The zero-order valence-corrected chi connectivity index (χ0v) is 19.5. The molecule has 0 aliphatic heterocycles. The number of methoxy groups -OCH3 is 2. The van der Waals surface area contributed by atoms with Crippen molar-refractivity contribution in [2.24, 2.45) is 5.92 Å². The van der Waals surface area contributed by atoms with Gasteiger partial charge in [0.15, 0.2) is 11.5 Å². The highest BCUT2D eigenvalue weighted by Gasteiger charge is 2.18. The van der Waals surface area contributed by atoms with Crippen LogP contribution >= 0.6 is 0 Å². The normalized spacial score (nSPS) is 11.4. The lowest BCUT2D eigenvalue weighted by molar-refractivity contribution is -0.141. The minimum absolute atomic E-state index is 0.295. The Morgan fingerprint density at radius 2 is 1.53 bits per heavy atom. The first-order chi connectivity index (χ1) is 16.4. The molecule has 0 radical (unpaired) electrons. The van der Waals surface area contributed by atoms with Gasteiger partial charge in [0.25, 0.3) is 5.91 Å². The fourth-order valence-corrected chi connectivity index (χ4v) is 3.53. The lowest BCUT2D eigenvalue weighted by atomic mass is 9.95. The average Bonchev–Trinajstić information content (AvgIpc) is 2.86.